The largest absolute Gasteiger partial charge is 0.486 e. The molecule has 1 aromatic rings. The summed E-state index contributed by atoms with van der Waals surface area (Å²) in [5.41, 5.74) is 0.688. The molecule has 1 aliphatic heterocycles. The van der Waals surface area contributed by atoms with Gasteiger partial charge in [-0.3, -0.25) is 4.79 Å². The molecule has 3 rings (SSSR count). The van der Waals surface area contributed by atoms with Crippen LogP contribution in [-0.2, 0) is 9.22 Å². The van der Waals surface area contributed by atoms with Crippen molar-refractivity contribution in [3.05, 3.63) is 18.2 Å². The van der Waals surface area contributed by atoms with Crippen molar-refractivity contribution >= 4 is 21.4 Å². The van der Waals surface area contributed by atoms with E-state index in [1.807, 2.05) is 18.2 Å². The van der Waals surface area contributed by atoms with E-state index in [0.29, 0.717) is 29.9 Å². The highest BCUT2D eigenvalue weighted by atomic mass is 28.2. The average molecular weight is 406 g/mol. The molecular weight excluding hydrogens is 370 g/mol. The number of carbonyl (C=O) groups excluding carboxylic acids is 1. The van der Waals surface area contributed by atoms with Gasteiger partial charge in [0, 0.05) is 17.7 Å². The molecule has 0 aromatic heterocycles. The van der Waals surface area contributed by atoms with Gasteiger partial charge in [0.15, 0.2) is 21.3 Å². The lowest BCUT2D eigenvalue weighted by Gasteiger charge is -2.40. The van der Waals surface area contributed by atoms with Crippen LogP contribution in [0.3, 0.4) is 0 Å². The number of ether oxygens (including phenoxy) is 2. The Hall–Kier alpha value is -1.53. The second-order valence-corrected chi connectivity index (χ2v) is 12.5. The van der Waals surface area contributed by atoms with Gasteiger partial charge in [-0.15, -0.1) is 0 Å². The SMILES string of the molecule is CC(C)(C)[SiH2]OC(C)(C)C1CCC(C(=O)Nc2ccc3c(c2)OCCO3)CC1. The van der Waals surface area contributed by atoms with Crippen molar-refractivity contribution in [1.82, 2.24) is 0 Å². The van der Waals surface area contributed by atoms with E-state index in [9.17, 15) is 4.79 Å². The highest BCUT2D eigenvalue weighted by molar-refractivity contribution is 6.31. The summed E-state index contributed by atoms with van der Waals surface area (Å²) in [5.74, 6) is 2.15. The first-order chi connectivity index (χ1) is 13.1. The third kappa shape index (κ3) is 5.51. The summed E-state index contributed by atoms with van der Waals surface area (Å²) >= 11 is 0. The lowest BCUT2D eigenvalue weighted by atomic mass is 9.74. The summed E-state index contributed by atoms with van der Waals surface area (Å²) in [6.45, 7) is 12.3. The van der Waals surface area contributed by atoms with Crippen LogP contribution < -0.4 is 14.8 Å². The van der Waals surface area contributed by atoms with Crippen LogP contribution in [0.15, 0.2) is 18.2 Å². The van der Waals surface area contributed by atoms with Crippen molar-refractivity contribution in [3.8, 4) is 11.5 Å². The second kappa shape index (κ2) is 8.45. The third-order valence-electron chi connectivity index (χ3n) is 5.77. The summed E-state index contributed by atoms with van der Waals surface area (Å²) in [5, 5.41) is 3.37. The predicted molar refractivity (Wildman–Crippen MR) is 115 cm³/mol. The number of anilines is 1. The summed E-state index contributed by atoms with van der Waals surface area (Å²) in [7, 11) is -0.576. The van der Waals surface area contributed by atoms with Crippen molar-refractivity contribution < 1.29 is 18.7 Å². The van der Waals surface area contributed by atoms with Gasteiger partial charge in [-0.2, -0.15) is 0 Å². The van der Waals surface area contributed by atoms with Crippen LogP contribution in [0.5, 0.6) is 11.5 Å². The van der Waals surface area contributed by atoms with E-state index >= 15 is 0 Å². The fourth-order valence-electron chi connectivity index (χ4n) is 3.94. The van der Waals surface area contributed by atoms with Gasteiger partial charge >= 0.3 is 0 Å². The lowest BCUT2D eigenvalue weighted by Crippen LogP contribution is -2.40. The topological polar surface area (TPSA) is 56.8 Å². The van der Waals surface area contributed by atoms with Crippen molar-refractivity contribution in [2.45, 2.75) is 70.9 Å². The minimum absolute atomic E-state index is 0.0695. The molecule has 0 spiro atoms. The zero-order valence-corrected chi connectivity index (χ0v) is 19.4. The van der Waals surface area contributed by atoms with Gasteiger partial charge in [0.25, 0.3) is 0 Å². The molecular formula is C22H35NO4Si. The van der Waals surface area contributed by atoms with Crippen molar-refractivity contribution in [2.75, 3.05) is 18.5 Å². The highest BCUT2D eigenvalue weighted by Crippen LogP contribution is 2.39. The van der Waals surface area contributed by atoms with Crippen LogP contribution in [0.4, 0.5) is 5.69 Å². The Bertz CT molecular complexity index is 690. The molecule has 156 valence electrons. The lowest BCUT2D eigenvalue weighted by molar-refractivity contribution is -0.121. The number of benzene rings is 1. The number of hydrogen-bond acceptors (Lipinski definition) is 4. The summed E-state index contributed by atoms with van der Waals surface area (Å²) in [4.78, 5) is 12.7. The zero-order chi connectivity index (χ0) is 20.4. The average Bonchev–Trinajstić information content (AvgIpc) is 2.66. The van der Waals surface area contributed by atoms with E-state index in [-0.39, 0.29) is 17.4 Å². The maximum Gasteiger partial charge on any atom is 0.227 e. The zero-order valence-electron chi connectivity index (χ0n) is 18.0. The molecule has 0 saturated heterocycles. The maximum atomic E-state index is 12.7. The van der Waals surface area contributed by atoms with Crippen LogP contribution in [-0.4, -0.2) is 34.5 Å². The first-order valence-electron chi connectivity index (χ1n) is 10.5. The van der Waals surface area contributed by atoms with Crippen molar-refractivity contribution in [2.24, 2.45) is 11.8 Å². The second-order valence-electron chi connectivity index (χ2n) is 9.85. The molecule has 1 aliphatic carbocycles. The van der Waals surface area contributed by atoms with Gasteiger partial charge in [-0.25, -0.2) is 0 Å². The molecule has 1 N–H and O–H groups in total. The van der Waals surface area contributed by atoms with Gasteiger partial charge in [0.2, 0.25) is 5.91 Å². The van der Waals surface area contributed by atoms with Crippen molar-refractivity contribution in [3.63, 3.8) is 0 Å². The minimum atomic E-state index is -0.576. The van der Waals surface area contributed by atoms with Crippen LogP contribution in [0, 0.1) is 11.8 Å². The van der Waals surface area contributed by atoms with Gasteiger partial charge < -0.3 is 19.2 Å². The molecule has 6 heteroatoms. The normalized spacial score (nSPS) is 23.0. The fraction of sp³-hybridized carbons (Fsp3) is 0.682. The molecule has 0 radical (unpaired) electrons. The number of amides is 1. The molecule has 0 bridgehead atoms. The Morgan fingerprint density at radius 2 is 1.68 bits per heavy atom. The number of rotatable bonds is 5. The Labute approximate surface area is 171 Å². The van der Waals surface area contributed by atoms with E-state index in [1.165, 1.54) is 0 Å². The highest BCUT2D eigenvalue weighted by Gasteiger charge is 2.36. The fourth-order valence-corrected chi connectivity index (χ4v) is 4.98. The molecule has 1 aromatic carbocycles. The Morgan fingerprint density at radius 1 is 1.04 bits per heavy atom. The van der Waals surface area contributed by atoms with Crippen molar-refractivity contribution in [1.29, 1.82) is 0 Å². The summed E-state index contributed by atoms with van der Waals surface area (Å²) in [6.07, 6.45) is 3.94. The van der Waals surface area contributed by atoms with Crippen LogP contribution in [0.25, 0.3) is 0 Å². The first-order valence-corrected chi connectivity index (χ1v) is 11.8. The van der Waals surface area contributed by atoms with Gasteiger partial charge in [-0.1, -0.05) is 20.8 Å². The van der Waals surface area contributed by atoms with E-state index in [1.54, 1.807) is 0 Å². The van der Waals surface area contributed by atoms with E-state index in [2.05, 4.69) is 39.9 Å². The van der Waals surface area contributed by atoms with Gasteiger partial charge in [0.05, 0.1) is 5.60 Å². The van der Waals surface area contributed by atoms with Gasteiger partial charge in [0.1, 0.15) is 13.2 Å². The Kier molecular flexibility index (Phi) is 6.40. The number of nitrogens with one attached hydrogen (secondary N) is 1. The number of hydrogen-bond donors (Lipinski definition) is 1. The summed E-state index contributed by atoms with van der Waals surface area (Å²) in [6, 6.07) is 5.59. The maximum absolute atomic E-state index is 12.7. The molecule has 1 fully saturated rings. The number of fused-ring (bicyclic) bond motifs is 1. The quantitative estimate of drug-likeness (QED) is 0.742. The Morgan fingerprint density at radius 3 is 2.32 bits per heavy atom. The molecule has 0 atom stereocenters. The smallest absolute Gasteiger partial charge is 0.227 e. The van der Waals surface area contributed by atoms with Crippen LogP contribution in [0.2, 0.25) is 5.04 Å². The molecule has 2 aliphatic rings. The third-order valence-corrected chi connectivity index (χ3v) is 7.52. The predicted octanol–water partition coefficient (Wildman–Crippen LogP) is 4.30. The molecule has 28 heavy (non-hydrogen) atoms. The number of carbonyl (C=O) groups is 1. The minimum Gasteiger partial charge on any atom is -0.486 e. The van der Waals surface area contributed by atoms with E-state index in [0.717, 1.165) is 37.1 Å². The standard InChI is InChI=1S/C22H35NO4Si/c1-21(2,3)28-27-22(4,5)16-8-6-15(7-9-16)20(24)23-17-10-11-18-19(14-17)26-13-12-25-18/h10-11,14-16H,6-9,12-13,28H2,1-5H3,(H,23,24). The van der Waals surface area contributed by atoms with E-state index < -0.39 is 9.76 Å². The first kappa shape index (κ1) is 21.2. The molecule has 1 heterocycles. The van der Waals surface area contributed by atoms with Crippen LogP contribution >= 0.6 is 0 Å². The van der Waals surface area contributed by atoms with Crippen LogP contribution in [0.1, 0.15) is 60.3 Å². The molecule has 1 saturated carbocycles. The molecule has 1 amide bonds. The summed E-state index contributed by atoms with van der Waals surface area (Å²) < 4.78 is 17.5. The monoisotopic (exact) mass is 405 g/mol. The van der Waals surface area contributed by atoms with Gasteiger partial charge in [-0.05, 0) is 62.6 Å². The molecule has 0 unspecified atom stereocenters. The van der Waals surface area contributed by atoms with E-state index in [4.69, 9.17) is 13.9 Å². The molecule has 5 nitrogen and oxygen atoms in total. The Balaban J connectivity index is 1.51.